The Balaban J connectivity index is 3.26. The van der Waals surface area contributed by atoms with Crippen molar-refractivity contribution in [1.82, 2.24) is 0 Å². The van der Waals surface area contributed by atoms with Crippen LogP contribution in [0.1, 0.15) is 28.9 Å². The molecule has 0 spiro atoms. The van der Waals surface area contributed by atoms with E-state index in [9.17, 15) is 9.90 Å². The van der Waals surface area contributed by atoms with Gasteiger partial charge in [-0.3, -0.25) is 0 Å². The maximum atomic E-state index is 10.6. The van der Waals surface area contributed by atoms with Crippen LogP contribution in [0.5, 0.6) is 0 Å². The van der Waals surface area contributed by atoms with Crippen molar-refractivity contribution in [1.29, 1.82) is 0 Å². The first kappa shape index (κ1) is 9.54. The quantitative estimate of drug-likeness (QED) is 0.595. The summed E-state index contributed by atoms with van der Waals surface area (Å²) in [6.45, 7) is 1.54. The Hall–Kier alpha value is -1.55. The van der Waals surface area contributed by atoms with Gasteiger partial charge in [0, 0.05) is 5.56 Å². The van der Waals surface area contributed by atoms with Gasteiger partial charge in [-0.25, -0.2) is 4.79 Å². The molecule has 4 nitrogen and oxygen atoms in total. The summed E-state index contributed by atoms with van der Waals surface area (Å²) in [5.74, 6) is -1.08. The first-order valence-corrected chi connectivity index (χ1v) is 3.83. The average Bonchev–Trinajstić information content (AvgIpc) is 2.03. The number of anilines is 1. The molecule has 0 amide bonds. The van der Waals surface area contributed by atoms with Gasteiger partial charge in [-0.05, 0) is 13.0 Å². The first-order chi connectivity index (χ1) is 6.04. The fourth-order valence-electron chi connectivity index (χ4n) is 1.13. The lowest BCUT2D eigenvalue weighted by atomic mass is 10.0. The van der Waals surface area contributed by atoms with Crippen molar-refractivity contribution < 1.29 is 15.0 Å². The van der Waals surface area contributed by atoms with Crippen LogP contribution < -0.4 is 5.73 Å². The number of aromatic carboxylic acids is 1. The number of aliphatic hydroxyl groups is 1. The van der Waals surface area contributed by atoms with E-state index < -0.39 is 12.1 Å². The number of rotatable bonds is 2. The van der Waals surface area contributed by atoms with Crippen LogP contribution in [0.25, 0.3) is 0 Å². The zero-order valence-electron chi connectivity index (χ0n) is 7.19. The zero-order valence-corrected chi connectivity index (χ0v) is 7.19. The van der Waals surface area contributed by atoms with Crippen LogP contribution in [0.4, 0.5) is 5.69 Å². The van der Waals surface area contributed by atoms with E-state index in [0.717, 1.165) is 0 Å². The molecule has 1 atom stereocenters. The van der Waals surface area contributed by atoms with Crippen LogP contribution in [-0.2, 0) is 0 Å². The number of carboxylic acid groups (broad SMARTS) is 1. The molecule has 4 heteroatoms. The number of carbonyl (C=O) groups is 1. The van der Waals surface area contributed by atoms with Crippen LogP contribution >= 0.6 is 0 Å². The van der Waals surface area contributed by atoms with Gasteiger partial charge in [0.05, 0.1) is 17.4 Å². The largest absolute Gasteiger partial charge is 0.478 e. The molecule has 0 aromatic heterocycles. The minimum absolute atomic E-state index is 0.0263. The lowest BCUT2D eigenvalue weighted by Crippen LogP contribution is -2.06. The van der Waals surface area contributed by atoms with Crippen molar-refractivity contribution in [3.05, 3.63) is 29.3 Å². The Kier molecular flexibility index (Phi) is 2.53. The molecule has 0 radical (unpaired) electrons. The lowest BCUT2D eigenvalue weighted by molar-refractivity contribution is 0.0698. The molecular weight excluding hydrogens is 170 g/mol. The third kappa shape index (κ3) is 1.78. The lowest BCUT2D eigenvalue weighted by Gasteiger charge is -2.09. The van der Waals surface area contributed by atoms with Crippen LogP contribution in [0, 0.1) is 0 Å². The highest BCUT2D eigenvalue weighted by Crippen LogP contribution is 2.23. The third-order valence-electron chi connectivity index (χ3n) is 1.82. The molecule has 0 aliphatic heterocycles. The zero-order chi connectivity index (χ0) is 10.0. The third-order valence-corrected chi connectivity index (χ3v) is 1.82. The maximum Gasteiger partial charge on any atom is 0.337 e. The maximum absolute atomic E-state index is 10.6. The van der Waals surface area contributed by atoms with Gasteiger partial charge in [0.1, 0.15) is 0 Å². The van der Waals surface area contributed by atoms with Crippen LogP contribution in [0.3, 0.4) is 0 Å². The van der Waals surface area contributed by atoms with E-state index in [1.807, 2.05) is 0 Å². The Morgan fingerprint density at radius 1 is 1.54 bits per heavy atom. The summed E-state index contributed by atoms with van der Waals surface area (Å²) in [7, 11) is 0. The number of benzene rings is 1. The van der Waals surface area contributed by atoms with E-state index in [-0.39, 0.29) is 11.3 Å². The molecule has 0 saturated heterocycles. The monoisotopic (exact) mass is 181 g/mol. The molecule has 1 aromatic carbocycles. The predicted molar refractivity (Wildman–Crippen MR) is 48.4 cm³/mol. The number of carboxylic acids is 1. The molecule has 1 rings (SSSR count). The topological polar surface area (TPSA) is 83.5 Å². The summed E-state index contributed by atoms with van der Waals surface area (Å²) < 4.78 is 0. The number of nitrogen functional groups attached to an aromatic ring is 1. The van der Waals surface area contributed by atoms with Crippen LogP contribution in [0.2, 0.25) is 0 Å². The highest BCUT2D eigenvalue weighted by Gasteiger charge is 2.13. The predicted octanol–water partition coefficient (Wildman–Crippen LogP) is 1.02. The van der Waals surface area contributed by atoms with E-state index in [0.29, 0.717) is 5.56 Å². The van der Waals surface area contributed by atoms with E-state index in [2.05, 4.69) is 0 Å². The molecule has 0 aliphatic carbocycles. The summed E-state index contributed by atoms with van der Waals surface area (Å²) in [5, 5.41) is 17.9. The second-order valence-electron chi connectivity index (χ2n) is 2.79. The van der Waals surface area contributed by atoms with Gasteiger partial charge in [0.2, 0.25) is 0 Å². The molecule has 0 fully saturated rings. The normalized spacial score (nSPS) is 12.5. The first-order valence-electron chi connectivity index (χ1n) is 3.83. The van der Waals surface area contributed by atoms with Crippen molar-refractivity contribution in [3.63, 3.8) is 0 Å². The Morgan fingerprint density at radius 2 is 2.15 bits per heavy atom. The highest BCUT2D eigenvalue weighted by molar-refractivity contribution is 5.94. The second-order valence-corrected chi connectivity index (χ2v) is 2.79. The minimum Gasteiger partial charge on any atom is -0.478 e. The Bertz CT molecular complexity index is 334. The summed E-state index contributed by atoms with van der Waals surface area (Å²) in [6.07, 6.45) is -0.751. The summed E-state index contributed by atoms with van der Waals surface area (Å²) >= 11 is 0. The number of hydrogen-bond acceptors (Lipinski definition) is 3. The summed E-state index contributed by atoms with van der Waals surface area (Å²) in [6, 6.07) is 4.57. The standard InChI is InChI=1S/C9H11NO3/c1-5(11)6-3-2-4-7(8(6)10)9(12)13/h2-5,11H,10H2,1H3,(H,12,13). The molecule has 4 N–H and O–H groups in total. The second kappa shape index (κ2) is 3.45. The van der Waals surface area contributed by atoms with Crippen LogP contribution in [-0.4, -0.2) is 16.2 Å². The Morgan fingerprint density at radius 3 is 2.62 bits per heavy atom. The van der Waals surface area contributed by atoms with E-state index >= 15 is 0 Å². The van der Waals surface area contributed by atoms with Gasteiger partial charge in [0.15, 0.2) is 0 Å². The molecule has 1 aromatic rings. The molecule has 13 heavy (non-hydrogen) atoms. The number of hydrogen-bond donors (Lipinski definition) is 3. The smallest absolute Gasteiger partial charge is 0.337 e. The number of nitrogens with two attached hydrogens (primary N) is 1. The van der Waals surface area contributed by atoms with E-state index in [1.54, 1.807) is 12.1 Å². The molecule has 0 bridgehead atoms. The summed E-state index contributed by atoms with van der Waals surface area (Å²) in [5.41, 5.74) is 6.14. The van der Waals surface area contributed by atoms with Gasteiger partial charge >= 0.3 is 5.97 Å². The molecule has 0 heterocycles. The summed E-state index contributed by atoms with van der Waals surface area (Å²) in [4.78, 5) is 10.6. The van der Waals surface area contributed by atoms with Crippen molar-refractivity contribution in [2.45, 2.75) is 13.0 Å². The highest BCUT2D eigenvalue weighted by atomic mass is 16.4. The SMILES string of the molecule is CC(O)c1cccc(C(=O)O)c1N. The van der Waals surface area contributed by atoms with Gasteiger partial charge in [-0.2, -0.15) is 0 Å². The fourth-order valence-corrected chi connectivity index (χ4v) is 1.13. The van der Waals surface area contributed by atoms with Crippen LogP contribution in [0.15, 0.2) is 18.2 Å². The van der Waals surface area contributed by atoms with Crippen molar-refractivity contribution in [3.8, 4) is 0 Å². The van der Waals surface area contributed by atoms with Gasteiger partial charge in [-0.15, -0.1) is 0 Å². The average molecular weight is 181 g/mol. The molecule has 0 aliphatic rings. The molecule has 1 unspecified atom stereocenters. The van der Waals surface area contributed by atoms with Gasteiger partial charge in [-0.1, -0.05) is 12.1 Å². The molecule has 70 valence electrons. The van der Waals surface area contributed by atoms with E-state index in [4.69, 9.17) is 10.8 Å². The molecular formula is C9H11NO3. The van der Waals surface area contributed by atoms with Gasteiger partial charge in [0.25, 0.3) is 0 Å². The van der Waals surface area contributed by atoms with Crippen molar-refractivity contribution in [2.24, 2.45) is 0 Å². The number of para-hydroxylation sites is 1. The minimum atomic E-state index is -1.08. The van der Waals surface area contributed by atoms with Gasteiger partial charge < -0.3 is 15.9 Å². The van der Waals surface area contributed by atoms with Crippen molar-refractivity contribution in [2.75, 3.05) is 5.73 Å². The fraction of sp³-hybridized carbons (Fsp3) is 0.222. The van der Waals surface area contributed by atoms with E-state index in [1.165, 1.54) is 13.0 Å². The number of aliphatic hydroxyl groups excluding tert-OH is 1. The Labute approximate surface area is 75.6 Å². The molecule has 0 saturated carbocycles. The van der Waals surface area contributed by atoms with Crippen molar-refractivity contribution >= 4 is 11.7 Å².